The predicted octanol–water partition coefficient (Wildman–Crippen LogP) is 9.54. The van der Waals surface area contributed by atoms with Crippen molar-refractivity contribution in [2.24, 2.45) is 16.8 Å². The standard InChI is InChI=1S/C23H28FN.3C2H6/c1-15-13-16(2)22(17-9-11-18(12-10-17)23(3,4)5)25-21-8-6-7-20(24)19(21)14-15;3*1-2/h6-12,15-16H,13-14H2,1-5H3;3*1-2H3. The molecule has 2 heteroatoms. The number of benzene rings is 2. The van der Waals surface area contributed by atoms with E-state index in [1.165, 1.54) is 5.56 Å². The molecular weight excluding hydrogens is 381 g/mol. The molecule has 0 saturated carbocycles. The van der Waals surface area contributed by atoms with Crippen LogP contribution in [0.25, 0.3) is 0 Å². The number of aliphatic imine (C=N–C) groups is 1. The summed E-state index contributed by atoms with van der Waals surface area (Å²) in [4.78, 5) is 4.91. The van der Waals surface area contributed by atoms with E-state index in [0.29, 0.717) is 11.8 Å². The average Bonchev–Trinajstić information content (AvgIpc) is 2.77. The van der Waals surface area contributed by atoms with Gasteiger partial charge in [-0.2, -0.15) is 0 Å². The predicted molar refractivity (Wildman–Crippen MR) is 138 cm³/mol. The Bertz CT molecular complexity index is 781. The minimum Gasteiger partial charge on any atom is -0.252 e. The first-order valence-electron chi connectivity index (χ1n) is 12.2. The molecule has 3 rings (SSSR count). The van der Waals surface area contributed by atoms with Gasteiger partial charge in [0.1, 0.15) is 5.82 Å². The summed E-state index contributed by atoms with van der Waals surface area (Å²) in [6, 6.07) is 14.0. The van der Waals surface area contributed by atoms with Gasteiger partial charge in [-0.1, -0.05) is 106 Å². The molecule has 0 N–H and O–H groups in total. The highest BCUT2D eigenvalue weighted by atomic mass is 19.1. The van der Waals surface area contributed by atoms with Crippen LogP contribution in [0.3, 0.4) is 0 Å². The fourth-order valence-electron chi connectivity index (χ4n) is 3.73. The van der Waals surface area contributed by atoms with Gasteiger partial charge in [0, 0.05) is 5.56 Å². The zero-order chi connectivity index (χ0) is 24.2. The van der Waals surface area contributed by atoms with Gasteiger partial charge in [0.2, 0.25) is 0 Å². The molecule has 2 aromatic rings. The molecule has 1 aliphatic heterocycles. The maximum Gasteiger partial charge on any atom is 0.128 e. The first-order valence-corrected chi connectivity index (χ1v) is 12.2. The summed E-state index contributed by atoms with van der Waals surface area (Å²) < 4.78 is 14.3. The maximum atomic E-state index is 14.3. The lowest BCUT2D eigenvalue weighted by atomic mass is 9.83. The van der Waals surface area contributed by atoms with Crippen molar-refractivity contribution >= 4 is 11.4 Å². The normalized spacial score (nSPS) is 17.6. The summed E-state index contributed by atoms with van der Waals surface area (Å²) in [5, 5.41) is 0. The second-order valence-corrected chi connectivity index (χ2v) is 8.51. The van der Waals surface area contributed by atoms with Crippen LogP contribution in [-0.4, -0.2) is 5.71 Å². The van der Waals surface area contributed by atoms with Crippen LogP contribution in [-0.2, 0) is 11.8 Å². The summed E-state index contributed by atoms with van der Waals surface area (Å²) in [6.45, 7) is 23.1. The van der Waals surface area contributed by atoms with Gasteiger partial charge in [0.15, 0.2) is 0 Å². The Labute approximate surface area is 192 Å². The molecule has 0 radical (unpaired) electrons. The lowest BCUT2D eigenvalue weighted by molar-refractivity contribution is 0.466. The lowest BCUT2D eigenvalue weighted by Crippen LogP contribution is -2.19. The van der Waals surface area contributed by atoms with Crippen LogP contribution in [0.15, 0.2) is 47.5 Å². The van der Waals surface area contributed by atoms with Crippen molar-refractivity contribution in [3.05, 3.63) is 65.0 Å². The summed E-state index contributed by atoms with van der Waals surface area (Å²) in [5.74, 6) is 0.655. The molecule has 0 aliphatic carbocycles. The first kappa shape index (κ1) is 29.0. The number of rotatable bonds is 1. The highest BCUT2D eigenvalue weighted by Gasteiger charge is 2.23. The van der Waals surface area contributed by atoms with Crippen molar-refractivity contribution in [2.45, 2.75) is 94.4 Å². The highest BCUT2D eigenvalue weighted by molar-refractivity contribution is 6.03. The van der Waals surface area contributed by atoms with Crippen molar-refractivity contribution < 1.29 is 4.39 Å². The molecule has 0 spiro atoms. The first-order chi connectivity index (χ1) is 14.8. The van der Waals surface area contributed by atoms with Crippen molar-refractivity contribution in [1.29, 1.82) is 0 Å². The van der Waals surface area contributed by atoms with Crippen LogP contribution in [0.4, 0.5) is 10.1 Å². The van der Waals surface area contributed by atoms with E-state index in [2.05, 4.69) is 58.9 Å². The molecule has 1 nitrogen and oxygen atoms in total. The van der Waals surface area contributed by atoms with E-state index in [1.54, 1.807) is 12.1 Å². The third-order valence-electron chi connectivity index (χ3n) is 5.16. The molecule has 2 unspecified atom stereocenters. The minimum atomic E-state index is -0.134. The van der Waals surface area contributed by atoms with E-state index < -0.39 is 0 Å². The third-order valence-corrected chi connectivity index (χ3v) is 5.16. The monoisotopic (exact) mass is 427 g/mol. The van der Waals surface area contributed by atoms with Crippen LogP contribution >= 0.6 is 0 Å². The van der Waals surface area contributed by atoms with Gasteiger partial charge in [-0.3, -0.25) is 4.99 Å². The van der Waals surface area contributed by atoms with E-state index in [-0.39, 0.29) is 11.2 Å². The molecule has 1 aliphatic rings. The Morgan fingerprint density at radius 1 is 0.839 bits per heavy atom. The number of fused-ring (bicyclic) bond motifs is 1. The molecule has 2 aromatic carbocycles. The number of halogens is 1. The van der Waals surface area contributed by atoms with Gasteiger partial charge in [-0.25, -0.2) is 4.39 Å². The molecule has 0 aromatic heterocycles. The Kier molecular flexibility index (Phi) is 13.3. The van der Waals surface area contributed by atoms with E-state index in [4.69, 9.17) is 4.99 Å². The van der Waals surface area contributed by atoms with Crippen molar-refractivity contribution in [3.8, 4) is 0 Å². The van der Waals surface area contributed by atoms with Crippen molar-refractivity contribution in [1.82, 2.24) is 0 Å². The van der Waals surface area contributed by atoms with Crippen molar-refractivity contribution in [2.75, 3.05) is 0 Å². The van der Waals surface area contributed by atoms with Gasteiger partial charge >= 0.3 is 0 Å². The Hall–Kier alpha value is -1.96. The van der Waals surface area contributed by atoms with E-state index in [1.807, 2.05) is 47.6 Å². The second kappa shape index (κ2) is 14.2. The second-order valence-electron chi connectivity index (χ2n) is 8.51. The zero-order valence-corrected chi connectivity index (χ0v) is 21.9. The van der Waals surface area contributed by atoms with Crippen LogP contribution in [0.5, 0.6) is 0 Å². The Morgan fingerprint density at radius 2 is 1.39 bits per heavy atom. The van der Waals surface area contributed by atoms with Gasteiger partial charge in [0.05, 0.1) is 11.4 Å². The van der Waals surface area contributed by atoms with Crippen LogP contribution in [0.1, 0.15) is 99.3 Å². The average molecular weight is 428 g/mol. The molecule has 1 heterocycles. The largest absolute Gasteiger partial charge is 0.252 e. The summed E-state index contributed by atoms with van der Waals surface area (Å²) >= 11 is 0. The smallest absolute Gasteiger partial charge is 0.128 e. The van der Waals surface area contributed by atoms with Crippen molar-refractivity contribution in [3.63, 3.8) is 0 Å². The lowest BCUT2D eigenvalue weighted by Gasteiger charge is -2.25. The molecule has 0 amide bonds. The molecule has 0 fully saturated rings. The number of nitrogens with zero attached hydrogens (tertiary/aromatic N) is 1. The van der Waals surface area contributed by atoms with Gasteiger partial charge < -0.3 is 0 Å². The SMILES string of the molecule is CC.CC.CC.CC1Cc2c(F)cccc2N=C(c2ccc(C(C)(C)C)cc2)C(C)C1. The molecule has 0 bridgehead atoms. The van der Waals surface area contributed by atoms with E-state index in [9.17, 15) is 4.39 Å². The summed E-state index contributed by atoms with van der Waals surface area (Å²) in [7, 11) is 0. The number of hydrogen-bond acceptors (Lipinski definition) is 1. The molecule has 31 heavy (non-hydrogen) atoms. The molecular formula is C29H46FN. The van der Waals surface area contributed by atoms with Gasteiger partial charge in [-0.15, -0.1) is 0 Å². The fourth-order valence-corrected chi connectivity index (χ4v) is 3.73. The minimum absolute atomic E-state index is 0.134. The topological polar surface area (TPSA) is 12.4 Å². The quantitative estimate of drug-likeness (QED) is 0.429. The Morgan fingerprint density at radius 3 is 1.90 bits per heavy atom. The molecule has 174 valence electrons. The van der Waals surface area contributed by atoms with Crippen LogP contribution in [0, 0.1) is 17.7 Å². The maximum absolute atomic E-state index is 14.3. The molecule has 2 atom stereocenters. The number of hydrogen-bond donors (Lipinski definition) is 0. The van der Waals surface area contributed by atoms with Crippen LogP contribution in [0.2, 0.25) is 0 Å². The van der Waals surface area contributed by atoms with Gasteiger partial charge in [-0.05, 0) is 53.4 Å². The van der Waals surface area contributed by atoms with E-state index >= 15 is 0 Å². The summed E-state index contributed by atoms with van der Waals surface area (Å²) in [6.07, 6.45) is 1.78. The van der Waals surface area contributed by atoms with Crippen LogP contribution < -0.4 is 0 Å². The van der Waals surface area contributed by atoms with E-state index in [0.717, 1.165) is 35.4 Å². The molecule has 0 saturated heterocycles. The summed E-state index contributed by atoms with van der Waals surface area (Å²) in [5.41, 5.74) is 5.20. The fraction of sp³-hybridized carbons (Fsp3) is 0.552. The third kappa shape index (κ3) is 8.24. The van der Waals surface area contributed by atoms with Gasteiger partial charge in [0.25, 0.3) is 0 Å². The highest BCUT2D eigenvalue weighted by Crippen LogP contribution is 2.33. The Balaban J connectivity index is 0.00000138. The zero-order valence-electron chi connectivity index (χ0n) is 21.9.